The largest absolute Gasteiger partial charge is 0.374 e. The molecule has 0 aliphatic carbocycles. The van der Waals surface area contributed by atoms with Crippen molar-refractivity contribution in [3.05, 3.63) is 12.2 Å². The van der Waals surface area contributed by atoms with Gasteiger partial charge in [-0.25, -0.2) is 9.67 Å². The van der Waals surface area contributed by atoms with E-state index in [0.717, 1.165) is 31.8 Å². The van der Waals surface area contributed by atoms with Crippen molar-refractivity contribution in [3.63, 3.8) is 0 Å². The molecule has 1 aromatic rings. The Morgan fingerprint density at radius 2 is 2.25 bits per heavy atom. The lowest BCUT2D eigenvalue weighted by Crippen LogP contribution is -2.53. The van der Waals surface area contributed by atoms with Gasteiger partial charge in [-0.3, -0.25) is 0 Å². The maximum atomic E-state index is 6.11. The van der Waals surface area contributed by atoms with E-state index in [1.165, 1.54) is 12.8 Å². The summed E-state index contributed by atoms with van der Waals surface area (Å²) in [5, 5.41) is 7.92. The zero-order valence-electron chi connectivity index (χ0n) is 13.2. The molecule has 5 heteroatoms. The van der Waals surface area contributed by atoms with Crippen LogP contribution in [0.2, 0.25) is 0 Å². The van der Waals surface area contributed by atoms with Gasteiger partial charge in [0.05, 0.1) is 5.60 Å². The monoisotopic (exact) mass is 280 g/mol. The van der Waals surface area contributed by atoms with Crippen LogP contribution in [-0.4, -0.2) is 39.6 Å². The highest BCUT2D eigenvalue weighted by atomic mass is 16.5. The molecule has 1 aromatic heterocycles. The Balaban J connectivity index is 2.14. The van der Waals surface area contributed by atoms with Crippen molar-refractivity contribution in [2.24, 2.45) is 0 Å². The van der Waals surface area contributed by atoms with Crippen molar-refractivity contribution in [1.29, 1.82) is 0 Å². The predicted octanol–water partition coefficient (Wildman–Crippen LogP) is 2.34. The van der Waals surface area contributed by atoms with Crippen molar-refractivity contribution >= 4 is 0 Å². The van der Waals surface area contributed by atoms with Gasteiger partial charge in [-0.05, 0) is 46.6 Å². The maximum absolute atomic E-state index is 6.11. The Hall–Kier alpha value is -0.940. The molecule has 2 heterocycles. The summed E-state index contributed by atoms with van der Waals surface area (Å²) in [5.74, 6) is 1.04. The number of hydrogen-bond acceptors (Lipinski definition) is 4. The van der Waals surface area contributed by atoms with Gasteiger partial charge in [0.2, 0.25) is 0 Å². The Kier molecular flexibility index (Phi) is 5.16. The lowest BCUT2D eigenvalue weighted by atomic mass is 9.86. The van der Waals surface area contributed by atoms with Crippen LogP contribution < -0.4 is 5.32 Å². The fourth-order valence-corrected chi connectivity index (χ4v) is 3.01. The third kappa shape index (κ3) is 3.38. The summed E-state index contributed by atoms with van der Waals surface area (Å²) in [7, 11) is 0. The van der Waals surface area contributed by atoms with Gasteiger partial charge in [0.1, 0.15) is 12.2 Å². The molecule has 2 atom stereocenters. The van der Waals surface area contributed by atoms with Gasteiger partial charge in [0.15, 0.2) is 0 Å². The van der Waals surface area contributed by atoms with E-state index in [-0.39, 0.29) is 11.6 Å². The fourth-order valence-electron chi connectivity index (χ4n) is 3.01. The van der Waals surface area contributed by atoms with Gasteiger partial charge in [-0.15, -0.1) is 0 Å². The molecule has 1 aliphatic rings. The molecule has 1 N–H and O–H groups in total. The average Bonchev–Trinajstić information content (AvgIpc) is 2.87. The molecule has 0 amide bonds. The molecule has 1 saturated heterocycles. The van der Waals surface area contributed by atoms with Gasteiger partial charge >= 0.3 is 0 Å². The summed E-state index contributed by atoms with van der Waals surface area (Å²) >= 11 is 0. The van der Waals surface area contributed by atoms with Crippen molar-refractivity contribution in [2.45, 2.75) is 71.1 Å². The lowest BCUT2D eigenvalue weighted by molar-refractivity contribution is -0.0886. The molecule has 1 aliphatic heterocycles. The minimum absolute atomic E-state index is 0.0952. The Bertz CT molecular complexity index is 410. The van der Waals surface area contributed by atoms with Crippen molar-refractivity contribution in [3.8, 4) is 0 Å². The minimum Gasteiger partial charge on any atom is -0.374 e. The summed E-state index contributed by atoms with van der Waals surface area (Å²) in [5.41, 5.74) is -0.0952. The predicted molar refractivity (Wildman–Crippen MR) is 79.8 cm³/mol. The van der Waals surface area contributed by atoms with Crippen LogP contribution in [0.25, 0.3) is 0 Å². The molecule has 1 fully saturated rings. The van der Waals surface area contributed by atoms with Gasteiger partial charge in [-0.2, -0.15) is 5.10 Å². The highest BCUT2D eigenvalue weighted by molar-refractivity contribution is 4.99. The first-order valence-corrected chi connectivity index (χ1v) is 7.82. The van der Waals surface area contributed by atoms with Crippen molar-refractivity contribution in [2.75, 3.05) is 13.2 Å². The van der Waals surface area contributed by atoms with E-state index in [2.05, 4.69) is 43.1 Å². The second kappa shape index (κ2) is 6.68. The smallest absolute Gasteiger partial charge is 0.138 e. The first-order valence-electron chi connectivity index (χ1n) is 7.82. The van der Waals surface area contributed by atoms with Crippen LogP contribution in [0.15, 0.2) is 6.33 Å². The highest BCUT2D eigenvalue weighted by Gasteiger charge is 2.37. The second-order valence-corrected chi connectivity index (χ2v) is 6.15. The summed E-state index contributed by atoms with van der Waals surface area (Å²) in [4.78, 5) is 4.44. The summed E-state index contributed by atoms with van der Waals surface area (Å²) < 4.78 is 8.12. The van der Waals surface area contributed by atoms with E-state index in [4.69, 9.17) is 4.74 Å². The third-order valence-electron chi connectivity index (χ3n) is 4.21. The van der Waals surface area contributed by atoms with Gasteiger partial charge in [0.25, 0.3) is 0 Å². The molecule has 0 radical (unpaired) electrons. The SMILES string of the molecule is CCNC(Cc1ncnn1C(C)C)C1(C)CCCCO1. The number of aromatic nitrogens is 3. The molecule has 0 spiro atoms. The molecule has 0 bridgehead atoms. The van der Waals surface area contributed by atoms with Crippen LogP contribution in [0.3, 0.4) is 0 Å². The molecule has 5 nitrogen and oxygen atoms in total. The van der Waals surface area contributed by atoms with Gasteiger partial charge < -0.3 is 10.1 Å². The van der Waals surface area contributed by atoms with E-state index in [0.29, 0.717) is 6.04 Å². The third-order valence-corrected chi connectivity index (χ3v) is 4.21. The quantitative estimate of drug-likeness (QED) is 0.869. The van der Waals surface area contributed by atoms with Gasteiger partial charge in [-0.1, -0.05) is 6.92 Å². The first kappa shape index (κ1) is 15.4. The zero-order chi connectivity index (χ0) is 14.6. The Morgan fingerprint density at radius 3 is 2.85 bits per heavy atom. The number of likely N-dealkylation sites (N-methyl/N-ethyl adjacent to an activating group) is 1. The highest BCUT2D eigenvalue weighted by Crippen LogP contribution is 2.29. The average molecular weight is 280 g/mol. The molecular weight excluding hydrogens is 252 g/mol. The molecular formula is C15H28N4O. The first-order chi connectivity index (χ1) is 9.57. The van der Waals surface area contributed by atoms with Crippen LogP contribution in [0, 0.1) is 0 Å². The van der Waals surface area contributed by atoms with Crippen molar-refractivity contribution < 1.29 is 4.74 Å². The van der Waals surface area contributed by atoms with Gasteiger partial charge in [0, 0.05) is 25.1 Å². The van der Waals surface area contributed by atoms with Crippen LogP contribution in [0.5, 0.6) is 0 Å². The molecule has 0 saturated carbocycles. The number of nitrogens with zero attached hydrogens (tertiary/aromatic N) is 3. The van der Waals surface area contributed by atoms with Crippen molar-refractivity contribution in [1.82, 2.24) is 20.1 Å². The molecule has 2 rings (SSSR count). The molecule has 20 heavy (non-hydrogen) atoms. The van der Waals surface area contributed by atoms with E-state index in [9.17, 15) is 0 Å². The maximum Gasteiger partial charge on any atom is 0.138 e. The topological polar surface area (TPSA) is 52.0 Å². The number of rotatable bonds is 6. The second-order valence-electron chi connectivity index (χ2n) is 6.15. The normalized spacial score (nSPS) is 25.1. The number of hydrogen-bond donors (Lipinski definition) is 1. The molecule has 114 valence electrons. The molecule has 2 unspecified atom stereocenters. The van der Waals surface area contributed by atoms with E-state index in [1.54, 1.807) is 6.33 Å². The molecule has 0 aromatic carbocycles. The van der Waals surface area contributed by atoms with Crippen LogP contribution in [-0.2, 0) is 11.2 Å². The Labute approximate surface area is 122 Å². The zero-order valence-corrected chi connectivity index (χ0v) is 13.2. The number of nitrogens with one attached hydrogen (secondary N) is 1. The fraction of sp³-hybridized carbons (Fsp3) is 0.867. The van der Waals surface area contributed by atoms with E-state index < -0.39 is 0 Å². The number of ether oxygens (including phenoxy) is 1. The van der Waals surface area contributed by atoms with Crippen LogP contribution in [0.1, 0.15) is 58.8 Å². The van der Waals surface area contributed by atoms with E-state index >= 15 is 0 Å². The lowest BCUT2D eigenvalue weighted by Gasteiger charge is -2.41. The summed E-state index contributed by atoms with van der Waals surface area (Å²) in [6.45, 7) is 10.5. The summed E-state index contributed by atoms with van der Waals surface area (Å²) in [6.07, 6.45) is 6.05. The van der Waals surface area contributed by atoms with Crippen LogP contribution in [0.4, 0.5) is 0 Å². The minimum atomic E-state index is -0.0952. The Morgan fingerprint density at radius 1 is 1.45 bits per heavy atom. The summed E-state index contributed by atoms with van der Waals surface area (Å²) in [6, 6.07) is 0.629. The standard InChI is InChI=1S/C15H28N4O/c1-5-16-13(15(4)8-6-7-9-20-15)10-14-17-11-18-19(14)12(2)3/h11-13,16H,5-10H2,1-4H3. The van der Waals surface area contributed by atoms with Crippen LogP contribution >= 0.6 is 0 Å². The van der Waals surface area contributed by atoms with E-state index in [1.807, 2.05) is 4.68 Å².